The average molecular weight is 328 g/mol. The smallest absolute Gasteiger partial charge is 0.289 e. The third-order valence-corrected chi connectivity index (χ3v) is 4.76. The minimum atomic E-state index is -0.421. The highest BCUT2D eigenvalue weighted by Gasteiger charge is 2.43. The number of nitrogens with zero attached hydrogens (tertiary/aromatic N) is 2. The minimum Gasteiger partial charge on any atom is -0.459 e. The molecular weight excluding hydrogens is 311 g/mol. The van der Waals surface area contributed by atoms with Gasteiger partial charge in [0.25, 0.3) is 11.8 Å². The summed E-state index contributed by atoms with van der Waals surface area (Å²) in [5, 5.41) is 0. The maximum atomic E-state index is 13.4. The molecule has 24 heavy (non-hydrogen) atoms. The van der Waals surface area contributed by atoms with Crippen molar-refractivity contribution in [1.82, 2.24) is 9.80 Å². The van der Waals surface area contributed by atoms with Crippen molar-refractivity contribution in [3.8, 4) is 0 Å². The van der Waals surface area contributed by atoms with E-state index in [1.54, 1.807) is 28.0 Å². The first-order valence-electron chi connectivity index (χ1n) is 8.01. The minimum absolute atomic E-state index is 0.0149. The van der Waals surface area contributed by atoms with Gasteiger partial charge in [-0.2, -0.15) is 0 Å². The van der Waals surface area contributed by atoms with Gasteiger partial charge in [-0.25, -0.2) is 4.39 Å². The van der Waals surface area contributed by atoms with E-state index in [2.05, 4.69) is 0 Å². The van der Waals surface area contributed by atoms with E-state index in [1.807, 2.05) is 0 Å². The average Bonchev–Trinajstić information content (AvgIpc) is 3.21. The fraction of sp³-hybridized carbons (Fsp3) is 0.333. The monoisotopic (exact) mass is 328 g/mol. The van der Waals surface area contributed by atoms with Crippen LogP contribution in [0.15, 0.2) is 47.1 Å². The summed E-state index contributed by atoms with van der Waals surface area (Å²) >= 11 is 0. The molecule has 1 aromatic carbocycles. The van der Waals surface area contributed by atoms with Gasteiger partial charge in [0.05, 0.1) is 12.3 Å². The molecule has 2 aliphatic rings. The van der Waals surface area contributed by atoms with Crippen LogP contribution in [0, 0.1) is 11.7 Å². The van der Waals surface area contributed by atoms with E-state index in [4.69, 9.17) is 4.42 Å². The van der Waals surface area contributed by atoms with Crippen molar-refractivity contribution in [2.75, 3.05) is 19.6 Å². The summed E-state index contributed by atoms with van der Waals surface area (Å²) in [6.45, 7) is 1.68. The first-order valence-corrected chi connectivity index (χ1v) is 8.01. The van der Waals surface area contributed by atoms with Gasteiger partial charge in [0.15, 0.2) is 5.76 Å². The molecule has 2 aromatic rings. The fourth-order valence-electron chi connectivity index (χ4n) is 3.72. The predicted octanol–water partition coefficient (Wildman–Crippen LogP) is 2.41. The van der Waals surface area contributed by atoms with E-state index in [0.29, 0.717) is 31.0 Å². The molecule has 0 unspecified atom stereocenters. The number of rotatable bonds is 2. The van der Waals surface area contributed by atoms with Gasteiger partial charge in [0.2, 0.25) is 0 Å². The third-order valence-electron chi connectivity index (χ3n) is 4.76. The Hall–Kier alpha value is -2.63. The largest absolute Gasteiger partial charge is 0.459 e. The van der Waals surface area contributed by atoms with Crippen LogP contribution in [0.2, 0.25) is 0 Å². The Labute approximate surface area is 138 Å². The molecule has 1 aromatic heterocycles. The van der Waals surface area contributed by atoms with E-state index in [1.165, 1.54) is 24.5 Å². The number of likely N-dealkylation sites (tertiary alicyclic amines) is 2. The first kappa shape index (κ1) is 14.9. The van der Waals surface area contributed by atoms with Crippen molar-refractivity contribution in [3.63, 3.8) is 0 Å². The number of hydrogen-bond acceptors (Lipinski definition) is 3. The van der Waals surface area contributed by atoms with E-state index in [-0.39, 0.29) is 23.8 Å². The van der Waals surface area contributed by atoms with Crippen molar-refractivity contribution in [2.24, 2.45) is 5.92 Å². The summed E-state index contributed by atoms with van der Waals surface area (Å²) in [5.41, 5.74) is 0.347. The van der Waals surface area contributed by atoms with Crippen LogP contribution in [0.3, 0.4) is 0 Å². The summed E-state index contributed by atoms with van der Waals surface area (Å²) in [6, 6.07) is 9.06. The fourth-order valence-corrected chi connectivity index (χ4v) is 3.72. The van der Waals surface area contributed by atoms with Crippen LogP contribution in [0.4, 0.5) is 4.39 Å². The van der Waals surface area contributed by atoms with Gasteiger partial charge in [-0.3, -0.25) is 9.59 Å². The van der Waals surface area contributed by atoms with E-state index in [0.717, 1.165) is 6.42 Å². The maximum absolute atomic E-state index is 13.4. The van der Waals surface area contributed by atoms with Gasteiger partial charge in [-0.15, -0.1) is 0 Å². The molecule has 2 atom stereocenters. The number of halogens is 1. The zero-order chi connectivity index (χ0) is 16.7. The number of fused-ring (bicyclic) bond motifs is 2. The molecule has 0 N–H and O–H groups in total. The molecule has 0 spiro atoms. The van der Waals surface area contributed by atoms with Crippen LogP contribution in [0.5, 0.6) is 0 Å². The Bertz CT molecular complexity index is 774. The third kappa shape index (κ3) is 2.58. The van der Waals surface area contributed by atoms with Crippen LogP contribution in [-0.4, -0.2) is 47.3 Å². The molecule has 0 aliphatic carbocycles. The lowest BCUT2D eigenvalue weighted by molar-refractivity contribution is 0.0605. The Kier molecular flexibility index (Phi) is 3.59. The van der Waals surface area contributed by atoms with Crippen LogP contribution < -0.4 is 0 Å². The molecule has 2 bridgehead atoms. The summed E-state index contributed by atoms with van der Waals surface area (Å²) in [7, 11) is 0. The van der Waals surface area contributed by atoms with Gasteiger partial charge in [-0.1, -0.05) is 6.07 Å². The standard InChI is InChI=1S/C18H17FN2O3/c19-14-4-1-3-13(8-14)17(22)20-9-12-7-15(11-20)21(10-12)18(23)16-5-2-6-24-16/h1-6,8,12,15H,7,9-11H2/t12-,15+/m1/s1. The van der Waals surface area contributed by atoms with Gasteiger partial charge < -0.3 is 14.2 Å². The van der Waals surface area contributed by atoms with E-state index < -0.39 is 5.82 Å². The number of carbonyl (C=O) groups excluding carboxylic acids is 2. The molecule has 2 aliphatic heterocycles. The highest BCUT2D eigenvalue weighted by Crippen LogP contribution is 2.31. The molecule has 2 fully saturated rings. The molecule has 2 amide bonds. The molecule has 124 valence electrons. The van der Waals surface area contributed by atoms with Gasteiger partial charge in [0.1, 0.15) is 5.82 Å². The van der Waals surface area contributed by atoms with Crippen LogP contribution >= 0.6 is 0 Å². The molecule has 0 saturated carbocycles. The second kappa shape index (κ2) is 5.78. The van der Waals surface area contributed by atoms with Crippen molar-refractivity contribution >= 4 is 11.8 Å². The Morgan fingerprint density at radius 2 is 1.96 bits per heavy atom. The second-order valence-corrected chi connectivity index (χ2v) is 6.41. The van der Waals surface area contributed by atoms with Gasteiger partial charge in [0, 0.05) is 25.2 Å². The Balaban J connectivity index is 1.51. The summed E-state index contributed by atoms with van der Waals surface area (Å²) in [5.74, 6) is -0.162. The second-order valence-electron chi connectivity index (χ2n) is 6.41. The molecule has 3 heterocycles. The molecule has 5 nitrogen and oxygen atoms in total. The highest BCUT2D eigenvalue weighted by molar-refractivity contribution is 5.95. The summed E-state index contributed by atoms with van der Waals surface area (Å²) < 4.78 is 18.6. The van der Waals surface area contributed by atoms with Crippen LogP contribution in [0.1, 0.15) is 27.3 Å². The quantitative estimate of drug-likeness (QED) is 0.851. The van der Waals surface area contributed by atoms with Crippen LogP contribution in [-0.2, 0) is 0 Å². The van der Waals surface area contributed by atoms with Crippen molar-refractivity contribution in [3.05, 3.63) is 59.8 Å². The molecule has 0 radical (unpaired) electrons. The first-order chi connectivity index (χ1) is 11.6. The number of piperidine rings is 1. The summed E-state index contributed by atoms with van der Waals surface area (Å²) in [4.78, 5) is 28.7. The van der Waals surface area contributed by atoms with Crippen molar-refractivity contribution < 1.29 is 18.4 Å². The molecule has 4 rings (SSSR count). The number of furan rings is 1. The summed E-state index contributed by atoms with van der Waals surface area (Å²) in [6.07, 6.45) is 2.37. The lowest BCUT2D eigenvalue weighted by atomic mass is 9.99. The number of amides is 2. The topological polar surface area (TPSA) is 53.8 Å². The van der Waals surface area contributed by atoms with Crippen molar-refractivity contribution in [2.45, 2.75) is 12.5 Å². The zero-order valence-corrected chi connectivity index (χ0v) is 13.0. The SMILES string of the molecule is O=C(c1cccc(F)c1)N1C[C@H]2C[C@@H](C1)N(C(=O)c1ccco1)C2. The maximum Gasteiger partial charge on any atom is 0.289 e. The Morgan fingerprint density at radius 1 is 1.08 bits per heavy atom. The predicted molar refractivity (Wildman–Crippen MR) is 83.9 cm³/mol. The lowest BCUT2D eigenvalue weighted by Gasteiger charge is -2.32. The normalized spacial score (nSPS) is 22.7. The van der Waals surface area contributed by atoms with Gasteiger partial charge in [-0.05, 0) is 42.7 Å². The number of benzene rings is 1. The van der Waals surface area contributed by atoms with Gasteiger partial charge >= 0.3 is 0 Å². The van der Waals surface area contributed by atoms with E-state index in [9.17, 15) is 14.0 Å². The van der Waals surface area contributed by atoms with Crippen LogP contribution in [0.25, 0.3) is 0 Å². The zero-order valence-electron chi connectivity index (χ0n) is 13.0. The molecule has 6 heteroatoms. The molecular formula is C18H17FN2O3. The number of carbonyl (C=O) groups is 2. The molecule has 2 saturated heterocycles. The Morgan fingerprint density at radius 3 is 2.71 bits per heavy atom. The van der Waals surface area contributed by atoms with E-state index >= 15 is 0 Å². The highest BCUT2D eigenvalue weighted by atomic mass is 19.1. The van der Waals surface area contributed by atoms with Crippen molar-refractivity contribution in [1.29, 1.82) is 0 Å². The lowest BCUT2D eigenvalue weighted by Crippen LogP contribution is -2.46. The number of hydrogen-bond donors (Lipinski definition) is 0.